The molecule has 1 aromatic carbocycles. The predicted molar refractivity (Wildman–Crippen MR) is 107 cm³/mol. The molecule has 1 aliphatic rings. The van der Waals surface area contributed by atoms with Crippen LogP contribution >= 0.6 is 11.3 Å². The molecule has 2 aromatic rings. The van der Waals surface area contributed by atoms with Gasteiger partial charge in [0, 0.05) is 31.1 Å². The highest BCUT2D eigenvalue weighted by molar-refractivity contribution is 7.10. The van der Waals surface area contributed by atoms with Crippen LogP contribution in [0.5, 0.6) is 5.75 Å². The van der Waals surface area contributed by atoms with Crippen LogP contribution in [0.3, 0.4) is 0 Å². The van der Waals surface area contributed by atoms with E-state index < -0.39 is 0 Å². The van der Waals surface area contributed by atoms with Crippen LogP contribution in [0.15, 0.2) is 35.7 Å². The van der Waals surface area contributed by atoms with Crippen molar-refractivity contribution >= 4 is 23.2 Å². The van der Waals surface area contributed by atoms with Crippen LogP contribution in [-0.2, 0) is 16.0 Å². The average molecular weight is 387 g/mol. The second-order valence-electron chi connectivity index (χ2n) is 6.93. The van der Waals surface area contributed by atoms with Gasteiger partial charge in [0.2, 0.25) is 5.91 Å². The molecule has 0 atom stereocenters. The van der Waals surface area contributed by atoms with Crippen molar-refractivity contribution in [1.29, 1.82) is 0 Å². The van der Waals surface area contributed by atoms with E-state index >= 15 is 0 Å². The first-order valence-electron chi connectivity index (χ1n) is 9.31. The van der Waals surface area contributed by atoms with Crippen molar-refractivity contribution in [2.24, 2.45) is 0 Å². The summed E-state index contributed by atoms with van der Waals surface area (Å²) in [6.45, 7) is 6.56. The molecule has 0 aliphatic carbocycles. The highest BCUT2D eigenvalue weighted by atomic mass is 32.1. The van der Waals surface area contributed by atoms with Gasteiger partial charge in [-0.2, -0.15) is 0 Å². The van der Waals surface area contributed by atoms with Crippen molar-refractivity contribution in [3.8, 4) is 5.75 Å². The largest absolute Gasteiger partial charge is 0.484 e. The van der Waals surface area contributed by atoms with Crippen LogP contribution in [0.25, 0.3) is 0 Å². The summed E-state index contributed by atoms with van der Waals surface area (Å²) in [4.78, 5) is 29.8. The molecule has 1 saturated heterocycles. The summed E-state index contributed by atoms with van der Waals surface area (Å²) in [6.07, 6.45) is 1.24. The summed E-state index contributed by atoms with van der Waals surface area (Å²) in [7, 11) is 0. The molecule has 1 aromatic heterocycles. The van der Waals surface area contributed by atoms with Crippen LogP contribution in [-0.4, -0.2) is 54.4 Å². The van der Waals surface area contributed by atoms with Gasteiger partial charge in [-0.3, -0.25) is 9.59 Å². The monoisotopic (exact) mass is 386 g/mol. The first-order valence-corrected chi connectivity index (χ1v) is 10.2. The molecular formula is C21H26N2O3S. The fourth-order valence-electron chi connectivity index (χ4n) is 3.28. The van der Waals surface area contributed by atoms with E-state index in [-0.39, 0.29) is 18.4 Å². The zero-order chi connectivity index (χ0) is 19.2. The Labute approximate surface area is 164 Å². The van der Waals surface area contributed by atoms with Gasteiger partial charge in [0.15, 0.2) is 6.61 Å². The number of carbonyl (C=O) groups excluding carboxylic acids is 2. The molecule has 2 heterocycles. The standard InChI is InChI=1S/C21H26N2O3S/c1-16-6-7-19(17(2)13-16)26-15-21(25)23-9-4-8-22(10-11-23)20(24)14-18-5-3-12-27-18/h3,5-7,12-13H,4,8-11,14-15H2,1-2H3. The normalized spacial score (nSPS) is 14.7. The summed E-state index contributed by atoms with van der Waals surface area (Å²) < 4.78 is 5.72. The van der Waals surface area contributed by atoms with Crippen LogP contribution in [0.4, 0.5) is 0 Å². The number of thiophene rings is 1. The third kappa shape index (κ3) is 5.32. The number of benzene rings is 1. The van der Waals surface area contributed by atoms with Crippen molar-refractivity contribution in [3.63, 3.8) is 0 Å². The first kappa shape index (κ1) is 19.4. The van der Waals surface area contributed by atoms with E-state index in [0.717, 1.165) is 22.6 Å². The molecule has 0 N–H and O–H groups in total. The van der Waals surface area contributed by atoms with E-state index in [0.29, 0.717) is 32.6 Å². The molecule has 1 fully saturated rings. The van der Waals surface area contributed by atoms with Gasteiger partial charge >= 0.3 is 0 Å². The van der Waals surface area contributed by atoms with E-state index in [1.54, 1.807) is 11.3 Å². The van der Waals surface area contributed by atoms with Gasteiger partial charge in [-0.05, 0) is 43.3 Å². The van der Waals surface area contributed by atoms with Crippen molar-refractivity contribution in [2.75, 3.05) is 32.8 Å². The molecular weight excluding hydrogens is 360 g/mol. The van der Waals surface area contributed by atoms with Crippen molar-refractivity contribution in [1.82, 2.24) is 9.80 Å². The molecule has 0 radical (unpaired) electrons. The van der Waals surface area contributed by atoms with E-state index in [4.69, 9.17) is 4.74 Å². The summed E-state index contributed by atoms with van der Waals surface area (Å²) in [5.74, 6) is 0.859. The molecule has 0 spiro atoms. The van der Waals surface area contributed by atoms with E-state index in [2.05, 4.69) is 0 Å². The third-order valence-electron chi connectivity index (χ3n) is 4.79. The Morgan fingerprint density at radius 3 is 2.44 bits per heavy atom. The average Bonchev–Trinajstić information content (AvgIpc) is 3.01. The molecule has 2 amide bonds. The summed E-state index contributed by atoms with van der Waals surface area (Å²) >= 11 is 1.60. The number of carbonyl (C=O) groups is 2. The summed E-state index contributed by atoms with van der Waals surface area (Å²) in [5, 5.41) is 1.99. The second kappa shape index (κ2) is 9.04. The van der Waals surface area contributed by atoms with Crippen molar-refractivity contribution in [3.05, 3.63) is 51.7 Å². The van der Waals surface area contributed by atoms with Gasteiger partial charge in [0.25, 0.3) is 5.91 Å². The summed E-state index contributed by atoms with van der Waals surface area (Å²) in [5.41, 5.74) is 2.20. The van der Waals surface area contributed by atoms with E-state index in [1.165, 1.54) is 5.56 Å². The molecule has 1 aliphatic heterocycles. The highest BCUT2D eigenvalue weighted by Crippen LogP contribution is 2.19. The number of rotatable bonds is 5. The van der Waals surface area contributed by atoms with E-state index in [1.807, 2.05) is 59.4 Å². The molecule has 6 heteroatoms. The van der Waals surface area contributed by atoms with Gasteiger partial charge in [-0.1, -0.05) is 23.8 Å². The van der Waals surface area contributed by atoms with Gasteiger partial charge < -0.3 is 14.5 Å². The molecule has 144 valence electrons. The summed E-state index contributed by atoms with van der Waals surface area (Å²) in [6, 6.07) is 9.89. The number of aryl methyl sites for hydroxylation is 2. The molecule has 0 unspecified atom stereocenters. The minimum atomic E-state index is -0.0254. The number of ether oxygens (including phenoxy) is 1. The lowest BCUT2D eigenvalue weighted by Crippen LogP contribution is -2.39. The van der Waals surface area contributed by atoms with Gasteiger partial charge in [-0.15, -0.1) is 11.3 Å². The van der Waals surface area contributed by atoms with Crippen molar-refractivity contribution in [2.45, 2.75) is 26.7 Å². The smallest absolute Gasteiger partial charge is 0.260 e. The SMILES string of the molecule is Cc1ccc(OCC(=O)N2CCCN(C(=O)Cc3cccs3)CC2)c(C)c1. The minimum Gasteiger partial charge on any atom is -0.484 e. The molecule has 27 heavy (non-hydrogen) atoms. The fraction of sp³-hybridized carbons (Fsp3) is 0.429. The predicted octanol–water partition coefficient (Wildman–Crippen LogP) is 3.05. The molecule has 3 rings (SSSR count). The second-order valence-corrected chi connectivity index (χ2v) is 7.96. The Balaban J connectivity index is 1.49. The lowest BCUT2D eigenvalue weighted by atomic mass is 10.1. The molecule has 0 bridgehead atoms. The zero-order valence-electron chi connectivity index (χ0n) is 15.9. The maximum atomic E-state index is 12.5. The Morgan fingerprint density at radius 1 is 1.04 bits per heavy atom. The number of hydrogen-bond acceptors (Lipinski definition) is 4. The quantitative estimate of drug-likeness (QED) is 0.794. The fourth-order valence-corrected chi connectivity index (χ4v) is 3.98. The van der Waals surface area contributed by atoms with Gasteiger partial charge in [0.05, 0.1) is 6.42 Å². The van der Waals surface area contributed by atoms with Gasteiger partial charge in [0.1, 0.15) is 5.75 Å². The maximum absolute atomic E-state index is 12.5. The highest BCUT2D eigenvalue weighted by Gasteiger charge is 2.22. The molecule has 5 nitrogen and oxygen atoms in total. The zero-order valence-corrected chi connectivity index (χ0v) is 16.8. The Kier molecular flexibility index (Phi) is 6.50. The number of amides is 2. The first-order chi connectivity index (χ1) is 13.0. The van der Waals surface area contributed by atoms with Crippen LogP contribution in [0.1, 0.15) is 22.4 Å². The number of nitrogens with zero attached hydrogens (tertiary/aromatic N) is 2. The van der Waals surface area contributed by atoms with Gasteiger partial charge in [-0.25, -0.2) is 0 Å². The minimum absolute atomic E-state index is 0.0254. The van der Waals surface area contributed by atoms with Crippen LogP contribution < -0.4 is 4.74 Å². The van der Waals surface area contributed by atoms with Crippen LogP contribution in [0.2, 0.25) is 0 Å². The Bertz CT molecular complexity index is 789. The molecule has 0 saturated carbocycles. The maximum Gasteiger partial charge on any atom is 0.260 e. The van der Waals surface area contributed by atoms with Crippen LogP contribution in [0, 0.1) is 13.8 Å². The Hall–Kier alpha value is -2.34. The Morgan fingerprint density at radius 2 is 1.78 bits per heavy atom. The van der Waals surface area contributed by atoms with Crippen molar-refractivity contribution < 1.29 is 14.3 Å². The topological polar surface area (TPSA) is 49.9 Å². The lowest BCUT2D eigenvalue weighted by Gasteiger charge is -2.22. The lowest BCUT2D eigenvalue weighted by molar-refractivity contribution is -0.134. The third-order valence-corrected chi connectivity index (χ3v) is 5.66. The number of hydrogen-bond donors (Lipinski definition) is 0. The van der Waals surface area contributed by atoms with E-state index in [9.17, 15) is 9.59 Å².